The lowest BCUT2D eigenvalue weighted by Crippen LogP contribution is -2.29. The Morgan fingerprint density at radius 2 is 2.18 bits per heavy atom. The number of nitrogens with two attached hydrogens (primary N) is 1. The van der Waals surface area contributed by atoms with Crippen molar-refractivity contribution in [3.8, 4) is 0 Å². The monoisotopic (exact) mass is 250 g/mol. The Morgan fingerprint density at radius 1 is 1.41 bits per heavy atom. The highest BCUT2D eigenvalue weighted by atomic mass is 35.5. The van der Waals surface area contributed by atoms with E-state index < -0.39 is 5.41 Å². The van der Waals surface area contributed by atoms with Crippen LogP contribution in [0.4, 0.5) is 5.69 Å². The summed E-state index contributed by atoms with van der Waals surface area (Å²) < 4.78 is 0. The molecule has 1 aromatic carbocycles. The van der Waals surface area contributed by atoms with Gasteiger partial charge in [-0.2, -0.15) is 0 Å². The molecule has 0 saturated carbocycles. The molecular weight excluding hydrogens is 236 g/mol. The average molecular weight is 251 g/mol. The molecule has 0 spiro atoms. The van der Waals surface area contributed by atoms with Crippen molar-refractivity contribution in [3.63, 3.8) is 0 Å². The summed E-state index contributed by atoms with van der Waals surface area (Å²) in [4.78, 5) is 3.12. The van der Waals surface area contributed by atoms with E-state index in [9.17, 15) is 5.11 Å². The molecule has 1 heterocycles. The maximum absolute atomic E-state index is 9.69. The number of aliphatic hydroxyl groups is 1. The summed E-state index contributed by atoms with van der Waals surface area (Å²) in [7, 11) is 0. The number of halogens is 1. The van der Waals surface area contributed by atoms with Crippen molar-refractivity contribution < 1.29 is 5.11 Å². The zero-order chi connectivity index (χ0) is 12.5. The fourth-order valence-electron chi connectivity index (χ4n) is 1.97. The number of hydrogen-bond donors (Lipinski definition) is 3. The van der Waals surface area contributed by atoms with Gasteiger partial charge in [-0.15, -0.1) is 0 Å². The van der Waals surface area contributed by atoms with Gasteiger partial charge in [0.25, 0.3) is 0 Å². The molecular formula is C13H15ClN2O. The molecule has 0 saturated heterocycles. The number of nitrogens with one attached hydrogen (secondary N) is 1. The molecule has 1 aromatic heterocycles. The van der Waals surface area contributed by atoms with Crippen molar-refractivity contribution in [2.75, 3.05) is 12.3 Å². The highest BCUT2D eigenvalue weighted by Gasteiger charge is 2.31. The summed E-state index contributed by atoms with van der Waals surface area (Å²) in [5.41, 5.74) is 7.53. The van der Waals surface area contributed by atoms with Gasteiger partial charge in [0, 0.05) is 22.6 Å². The molecule has 0 aliphatic carbocycles. The lowest BCUT2D eigenvalue weighted by Gasteiger charge is -2.28. The molecule has 0 radical (unpaired) electrons. The summed E-state index contributed by atoms with van der Waals surface area (Å²) in [6.45, 7) is 1.91. The number of aromatic amines is 1. The molecule has 90 valence electrons. The number of aromatic nitrogens is 1. The van der Waals surface area contributed by atoms with Crippen LogP contribution in [0.2, 0.25) is 5.02 Å². The van der Waals surface area contributed by atoms with Gasteiger partial charge in [0.1, 0.15) is 0 Å². The smallest absolute Gasteiger partial charge is 0.0581 e. The third kappa shape index (κ3) is 2.04. The first kappa shape index (κ1) is 12.0. The molecule has 1 unspecified atom stereocenters. The number of nitrogen functional groups attached to an aromatic ring is 1. The maximum Gasteiger partial charge on any atom is 0.0581 e. The summed E-state index contributed by atoms with van der Waals surface area (Å²) in [6.07, 6.45) is 1.83. The Balaban J connectivity index is 2.55. The summed E-state index contributed by atoms with van der Waals surface area (Å²) in [5, 5.41) is 10.3. The van der Waals surface area contributed by atoms with Gasteiger partial charge in [0.15, 0.2) is 0 Å². The van der Waals surface area contributed by atoms with Crippen LogP contribution in [0.3, 0.4) is 0 Å². The second-order valence-electron chi connectivity index (χ2n) is 4.31. The molecule has 17 heavy (non-hydrogen) atoms. The second-order valence-corrected chi connectivity index (χ2v) is 4.72. The highest BCUT2D eigenvalue weighted by Crippen LogP contribution is 2.35. The standard InChI is InChI=1S/C13H15ClN2O/c1-13(8-17,12-3-2-6-16-12)10-5-4-9(15)7-11(10)14/h2-7,16-17H,8,15H2,1H3. The molecule has 4 N–H and O–H groups in total. The van der Waals surface area contributed by atoms with Gasteiger partial charge in [-0.3, -0.25) is 0 Å². The normalized spacial score (nSPS) is 14.5. The van der Waals surface area contributed by atoms with Gasteiger partial charge in [-0.25, -0.2) is 0 Å². The first-order chi connectivity index (χ1) is 8.08. The topological polar surface area (TPSA) is 62.0 Å². The van der Waals surface area contributed by atoms with Crippen LogP contribution in [0.25, 0.3) is 0 Å². The van der Waals surface area contributed by atoms with Crippen LogP contribution in [0.15, 0.2) is 36.5 Å². The van der Waals surface area contributed by atoms with Crippen LogP contribution in [0.1, 0.15) is 18.2 Å². The van der Waals surface area contributed by atoms with Crippen LogP contribution >= 0.6 is 11.6 Å². The van der Waals surface area contributed by atoms with Crippen molar-refractivity contribution in [3.05, 3.63) is 52.8 Å². The van der Waals surface area contributed by atoms with Gasteiger partial charge in [0.05, 0.1) is 12.0 Å². The van der Waals surface area contributed by atoms with Crippen LogP contribution in [-0.2, 0) is 5.41 Å². The maximum atomic E-state index is 9.69. The predicted octanol–water partition coefficient (Wildman–Crippen LogP) is 2.55. The van der Waals surface area contributed by atoms with Crippen LogP contribution in [0.5, 0.6) is 0 Å². The van der Waals surface area contributed by atoms with E-state index in [1.54, 1.807) is 12.1 Å². The molecule has 2 rings (SSSR count). The molecule has 0 amide bonds. The molecule has 3 nitrogen and oxygen atoms in total. The minimum atomic E-state index is -0.547. The second kappa shape index (κ2) is 4.43. The number of rotatable bonds is 3. The van der Waals surface area contributed by atoms with Crippen LogP contribution in [0, 0.1) is 0 Å². The van der Waals surface area contributed by atoms with E-state index in [0.29, 0.717) is 10.7 Å². The third-order valence-corrected chi connectivity index (χ3v) is 3.41. The largest absolute Gasteiger partial charge is 0.399 e. The molecule has 1 atom stereocenters. The molecule has 0 aliphatic rings. The zero-order valence-electron chi connectivity index (χ0n) is 9.57. The Morgan fingerprint density at radius 3 is 2.71 bits per heavy atom. The fourth-order valence-corrected chi connectivity index (χ4v) is 2.37. The first-order valence-electron chi connectivity index (χ1n) is 5.38. The average Bonchev–Trinajstić information content (AvgIpc) is 2.82. The Hall–Kier alpha value is -1.45. The lowest BCUT2D eigenvalue weighted by molar-refractivity contribution is 0.229. The lowest BCUT2D eigenvalue weighted by atomic mass is 9.80. The van der Waals surface area contributed by atoms with Crippen LogP contribution < -0.4 is 5.73 Å². The number of hydrogen-bond acceptors (Lipinski definition) is 2. The van der Waals surface area contributed by atoms with E-state index >= 15 is 0 Å². The molecule has 2 aromatic rings. The quantitative estimate of drug-likeness (QED) is 0.733. The van der Waals surface area contributed by atoms with Gasteiger partial charge in [0.2, 0.25) is 0 Å². The number of H-pyrrole nitrogens is 1. The van der Waals surface area contributed by atoms with Gasteiger partial charge in [-0.1, -0.05) is 17.7 Å². The fraction of sp³-hybridized carbons (Fsp3) is 0.231. The predicted molar refractivity (Wildman–Crippen MR) is 70.2 cm³/mol. The molecule has 0 bridgehead atoms. The van der Waals surface area contributed by atoms with Crippen molar-refractivity contribution >= 4 is 17.3 Å². The van der Waals surface area contributed by atoms with E-state index in [1.165, 1.54) is 0 Å². The highest BCUT2D eigenvalue weighted by molar-refractivity contribution is 6.31. The molecule has 0 aliphatic heterocycles. The van der Waals surface area contributed by atoms with Crippen molar-refractivity contribution in [2.24, 2.45) is 0 Å². The number of anilines is 1. The molecule has 0 fully saturated rings. The summed E-state index contributed by atoms with van der Waals surface area (Å²) in [6, 6.07) is 9.18. The SMILES string of the molecule is CC(CO)(c1ccc[nH]1)c1ccc(N)cc1Cl. The summed E-state index contributed by atoms with van der Waals surface area (Å²) >= 11 is 6.20. The van der Waals surface area contributed by atoms with Crippen LogP contribution in [-0.4, -0.2) is 16.7 Å². The number of aliphatic hydroxyl groups excluding tert-OH is 1. The Kier molecular flexibility index (Phi) is 3.13. The molecule has 4 heteroatoms. The Labute approximate surface area is 105 Å². The van der Waals surface area contributed by atoms with Crippen molar-refractivity contribution in [1.82, 2.24) is 4.98 Å². The zero-order valence-corrected chi connectivity index (χ0v) is 10.3. The minimum Gasteiger partial charge on any atom is -0.399 e. The summed E-state index contributed by atoms with van der Waals surface area (Å²) in [5.74, 6) is 0. The van der Waals surface area contributed by atoms with E-state index in [1.807, 2.05) is 31.3 Å². The minimum absolute atomic E-state index is 0.0306. The first-order valence-corrected chi connectivity index (χ1v) is 5.76. The van der Waals surface area contributed by atoms with E-state index in [2.05, 4.69) is 4.98 Å². The Bertz CT molecular complexity index is 510. The van der Waals surface area contributed by atoms with Gasteiger partial charge >= 0.3 is 0 Å². The van der Waals surface area contributed by atoms with Gasteiger partial charge in [-0.05, 0) is 36.8 Å². The van der Waals surface area contributed by atoms with E-state index in [4.69, 9.17) is 17.3 Å². The third-order valence-electron chi connectivity index (χ3n) is 3.10. The van der Waals surface area contributed by atoms with E-state index in [-0.39, 0.29) is 6.61 Å². The van der Waals surface area contributed by atoms with Crippen molar-refractivity contribution in [1.29, 1.82) is 0 Å². The number of benzene rings is 1. The van der Waals surface area contributed by atoms with E-state index in [0.717, 1.165) is 11.3 Å². The van der Waals surface area contributed by atoms with Crippen molar-refractivity contribution in [2.45, 2.75) is 12.3 Å². The van der Waals surface area contributed by atoms with Gasteiger partial charge < -0.3 is 15.8 Å².